The van der Waals surface area contributed by atoms with E-state index in [4.69, 9.17) is 11.6 Å². The zero-order valence-corrected chi connectivity index (χ0v) is 9.70. The second kappa shape index (κ2) is 4.55. The lowest BCUT2D eigenvalue weighted by atomic mass is 10.3. The van der Waals surface area contributed by atoms with Crippen LogP contribution in [0.5, 0.6) is 0 Å². The summed E-state index contributed by atoms with van der Waals surface area (Å²) in [4.78, 5) is 11.4. The van der Waals surface area contributed by atoms with E-state index in [0.717, 1.165) is 0 Å². The number of nitrogens with zero attached hydrogens (tertiary/aromatic N) is 2. The van der Waals surface area contributed by atoms with Gasteiger partial charge in [-0.3, -0.25) is 4.79 Å². The second-order valence-electron chi connectivity index (χ2n) is 3.32. The molecular weight excluding hydrogens is 245 g/mol. The van der Waals surface area contributed by atoms with E-state index >= 15 is 0 Å². The predicted octanol–water partition coefficient (Wildman–Crippen LogP) is 2.02. The molecule has 0 saturated carbocycles. The summed E-state index contributed by atoms with van der Waals surface area (Å²) in [5.41, 5.74) is 0.712. The molecule has 0 aliphatic heterocycles. The van der Waals surface area contributed by atoms with Crippen LogP contribution in [0.4, 0.5) is 4.39 Å². The van der Waals surface area contributed by atoms with Crippen LogP contribution >= 0.6 is 11.6 Å². The Balaban J connectivity index is 2.48. The van der Waals surface area contributed by atoms with Gasteiger partial charge >= 0.3 is 0 Å². The van der Waals surface area contributed by atoms with Crippen LogP contribution in [0.25, 0.3) is 5.69 Å². The van der Waals surface area contributed by atoms with E-state index < -0.39 is 5.82 Å². The fourth-order valence-corrected chi connectivity index (χ4v) is 1.68. The van der Waals surface area contributed by atoms with Crippen LogP contribution in [-0.4, -0.2) is 22.7 Å². The maximum atomic E-state index is 13.1. The maximum absolute atomic E-state index is 13.1. The van der Waals surface area contributed by atoms with Crippen molar-refractivity contribution in [3.05, 3.63) is 47.0 Å². The highest BCUT2D eigenvalue weighted by atomic mass is 35.5. The fraction of sp³-hybridized carbons (Fsp3) is 0.0909. The van der Waals surface area contributed by atoms with E-state index in [1.807, 2.05) is 0 Å². The molecule has 1 amide bonds. The number of carbonyl (C=O) groups is 1. The highest BCUT2D eigenvalue weighted by Gasteiger charge is 2.15. The summed E-state index contributed by atoms with van der Waals surface area (Å²) in [7, 11) is 1.50. The van der Waals surface area contributed by atoms with Crippen LogP contribution in [0, 0.1) is 5.82 Å². The lowest BCUT2D eigenvalue weighted by molar-refractivity contribution is 0.0963. The zero-order valence-electron chi connectivity index (χ0n) is 8.95. The van der Waals surface area contributed by atoms with Crippen LogP contribution in [0.2, 0.25) is 5.15 Å². The third kappa shape index (κ3) is 2.14. The summed E-state index contributed by atoms with van der Waals surface area (Å²) in [6.07, 6.45) is 1.34. The number of halogens is 2. The quantitative estimate of drug-likeness (QED) is 0.890. The highest BCUT2D eigenvalue weighted by molar-refractivity contribution is 6.33. The molecule has 0 bridgehead atoms. The molecule has 0 atom stereocenters. The van der Waals surface area contributed by atoms with Crippen molar-refractivity contribution in [1.29, 1.82) is 0 Å². The van der Waals surface area contributed by atoms with Crippen LogP contribution in [0.1, 0.15) is 10.4 Å². The highest BCUT2D eigenvalue weighted by Crippen LogP contribution is 2.20. The first-order valence-corrected chi connectivity index (χ1v) is 5.23. The molecule has 0 fully saturated rings. The SMILES string of the molecule is CNC(=O)c1cnn(-c2cccc(F)c2)c1Cl. The Kier molecular flexibility index (Phi) is 3.10. The van der Waals surface area contributed by atoms with E-state index in [1.54, 1.807) is 12.1 Å². The van der Waals surface area contributed by atoms with Crippen LogP contribution < -0.4 is 5.32 Å². The third-order valence-corrected chi connectivity index (χ3v) is 2.60. The predicted molar refractivity (Wildman–Crippen MR) is 61.9 cm³/mol. The molecular formula is C11H9ClFN3O. The molecule has 2 aromatic rings. The Labute approximate surface area is 102 Å². The number of rotatable bonds is 2. The second-order valence-corrected chi connectivity index (χ2v) is 3.68. The van der Waals surface area contributed by atoms with E-state index in [9.17, 15) is 9.18 Å². The summed E-state index contributed by atoms with van der Waals surface area (Å²) in [5, 5.41) is 6.55. The van der Waals surface area contributed by atoms with Crippen LogP contribution in [0.15, 0.2) is 30.5 Å². The molecule has 0 unspecified atom stereocenters. The van der Waals surface area contributed by atoms with Crippen molar-refractivity contribution in [3.8, 4) is 5.69 Å². The summed E-state index contributed by atoms with van der Waals surface area (Å²) >= 11 is 6.00. The smallest absolute Gasteiger partial charge is 0.255 e. The number of benzene rings is 1. The summed E-state index contributed by atoms with van der Waals surface area (Å²) in [5.74, 6) is -0.729. The minimum absolute atomic E-state index is 0.148. The van der Waals surface area contributed by atoms with Crippen molar-refractivity contribution in [2.45, 2.75) is 0 Å². The van der Waals surface area contributed by atoms with Gasteiger partial charge in [0.25, 0.3) is 5.91 Å². The lowest BCUT2D eigenvalue weighted by Gasteiger charge is -2.03. The average Bonchev–Trinajstić information content (AvgIpc) is 2.70. The van der Waals surface area contributed by atoms with Gasteiger partial charge in [0.05, 0.1) is 17.4 Å². The minimum atomic E-state index is -0.393. The molecule has 1 heterocycles. The summed E-state index contributed by atoms with van der Waals surface area (Å²) < 4.78 is 14.4. The number of nitrogens with one attached hydrogen (secondary N) is 1. The molecule has 0 spiro atoms. The van der Waals surface area contributed by atoms with Gasteiger partial charge in [-0.15, -0.1) is 0 Å². The number of hydrogen-bond acceptors (Lipinski definition) is 2. The first-order chi connectivity index (χ1) is 8.13. The van der Waals surface area contributed by atoms with Gasteiger partial charge in [0.1, 0.15) is 11.0 Å². The van der Waals surface area contributed by atoms with E-state index in [0.29, 0.717) is 5.69 Å². The summed E-state index contributed by atoms with van der Waals surface area (Å²) in [6.45, 7) is 0. The van der Waals surface area contributed by atoms with Crippen LogP contribution in [0.3, 0.4) is 0 Å². The topological polar surface area (TPSA) is 46.9 Å². The molecule has 0 radical (unpaired) electrons. The van der Waals surface area contributed by atoms with Crippen molar-refractivity contribution in [2.24, 2.45) is 0 Å². The number of hydrogen-bond donors (Lipinski definition) is 1. The molecule has 1 aromatic heterocycles. The molecule has 1 N–H and O–H groups in total. The molecule has 6 heteroatoms. The van der Waals surface area contributed by atoms with Crippen molar-refractivity contribution < 1.29 is 9.18 Å². The average molecular weight is 254 g/mol. The van der Waals surface area contributed by atoms with Gasteiger partial charge in [-0.1, -0.05) is 17.7 Å². The Bertz CT molecular complexity index is 568. The molecule has 1 aromatic carbocycles. The van der Waals surface area contributed by atoms with Crippen molar-refractivity contribution in [3.63, 3.8) is 0 Å². The largest absolute Gasteiger partial charge is 0.355 e. The molecule has 0 aliphatic carbocycles. The van der Waals surface area contributed by atoms with E-state index in [2.05, 4.69) is 10.4 Å². The normalized spacial score (nSPS) is 10.3. The maximum Gasteiger partial charge on any atom is 0.255 e. The molecule has 88 valence electrons. The van der Waals surface area contributed by atoms with Gasteiger partial charge in [0, 0.05) is 7.05 Å². The fourth-order valence-electron chi connectivity index (χ4n) is 1.41. The Morgan fingerprint density at radius 3 is 2.94 bits per heavy atom. The number of amides is 1. The lowest BCUT2D eigenvalue weighted by Crippen LogP contribution is -2.17. The molecule has 4 nitrogen and oxygen atoms in total. The van der Waals surface area contributed by atoms with Crippen molar-refractivity contribution in [2.75, 3.05) is 7.05 Å². The Morgan fingerprint density at radius 1 is 1.53 bits per heavy atom. The van der Waals surface area contributed by atoms with Gasteiger partial charge in [-0.05, 0) is 18.2 Å². The first kappa shape index (κ1) is 11.6. The van der Waals surface area contributed by atoms with E-state index in [1.165, 1.54) is 30.1 Å². The van der Waals surface area contributed by atoms with Crippen molar-refractivity contribution >= 4 is 17.5 Å². The summed E-state index contributed by atoms with van der Waals surface area (Å²) in [6, 6.07) is 5.80. The molecule has 0 saturated heterocycles. The molecule has 2 rings (SSSR count). The Morgan fingerprint density at radius 2 is 2.29 bits per heavy atom. The van der Waals surface area contributed by atoms with Crippen molar-refractivity contribution in [1.82, 2.24) is 15.1 Å². The first-order valence-electron chi connectivity index (χ1n) is 4.85. The van der Waals surface area contributed by atoms with Gasteiger partial charge < -0.3 is 5.32 Å². The van der Waals surface area contributed by atoms with E-state index in [-0.39, 0.29) is 16.6 Å². The van der Waals surface area contributed by atoms with Gasteiger partial charge in [-0.2, -0.15) is 5.10 Å². The standard InChI is InChI=1S/C11H9ClFN3O/c1-14-11(17)9-6-15-16(10(9)12)8-4-2-3-7(13)5-8/h2-6H,1H3,(H,14,17). The Hall–Kier alpha value is -1.88. The van der Waals surface area contributed by atoms with Gasteiger partial charge in [0.15, 0.2) is 0 Å². The number of aromatic nitrogens is 2. The minimum Gasteiger partial charge on any atom is -0.355 e. The monoisotopic (exact) mass is 253 g/mol. The zero-order chi connectivity index (χ0) is 12.4. The van der Waals surface area contributed by atoms with Gasteiger partial charge in [-0.25, -0.2) is 9.07 Å². The van der Waals surface area contributed by atoms with Crippen LogP contribution in [-0.2, 0) is 0 Å². The molecule has 17 heavy (non-hydrogen) atoms. The third-order valence-electron chi connectivity index (χ3n) is 2.23. The molecule has 0 aliphatic rings. The number of carbonyl (C=O) groups excluding carboxylic acids is 1. The van der Waals surface area contributed by atoms with Gasteiger partial charge in [0.2, 0.25) is 0 Å².